The third-order valence-corrected chi connectivity index (χ3v) is 2.84. The molecule has 0 saturated heterocycles. The van der Waals surface area contributed by atoms with E-state index in [1.807, 2.05) is 6.92 Å². The Morgan fingerprint density at radius 2 is 2.20 bits per heavy atom. The molecule has 0 aliphatic heterocycles. The second-order valence-electron chi connectivity index (χ2n) is 2.97. The standard InChI is InChI=1S/C8H18N2O4S/c1-5-6-15(12)14-10(3)7(2)8(11)9-13-4/h7H,5-6H2,1-4H3,(H,9,11). The first-order valence-corrected chi connectivity index (χ1v) is 5.89. The van der Waals surface area contributed by atoms with Gasteiger partial charge in [-0.05, 0) is 13.3 Å². The van der Waals surface area contributed by atoms with E-state index in [1.54, 1.807) is 14.0 Å². The highest BCUT2D eigenvalue weighted by Gasteiger charge is 2.20. The normalized spacial score (nSPS) is 15.0. The van der Waals surface area contributed by atoms with Gasteiger partial charge in [-0.1, -0.05) is 6.92 Å². The van der Waals surface area contributed by atoms with Crippen LogP contribution in [0.25, 0.3) is 0 Å². The zero-order valence-corrected chi connectivity index (χ0v) is 10.3. The lowest BCUT2D eigenvalue weighted by atomic mass is 10.3. The lowest BCUT2D eigenvalue weighted by molar-refractivity contribution is -0.146. The second kappa shape index (κ2) is 7.75. The molecule has 0 radical (unpaired) electrons. The number of nitrogens with zero attached hydrogens (tertiary/aromatic N) is 1. The Morgan fingerprint density at radius 1 is 1.60 bits per heavy atom. The number of amides is 1. The third-order valence-electron chi connectivity index (χ3n) is 1.70. The van der Waals surface area contributed by atoms with Crippen molar-refractivity contribution in [3.05, 3.63) is 0 Å². The molecule has 0 saturated carbocycles. The van der Waals surface area contributed by atoms with Crippen LogP contribution in [-0.2, 0) is 25.0 Å². The molecule has 0 aromatic carbocycles. The van der Waals surface area contributed by atoms with E-state index >= 15 is 0 Å². The van der Waals surface area contributed by atoms with E-state index in [1.165, 1.54) is 12.2 Å². The summed E-state index contributed by atoms with van der Waals surface area (Å²) in [6, 6.07) is -0.564. The molecule has 0 fully saturated rings. The lowest BCUT2D eigenvalue weighted by Gasteiger charge is -2.21. The van der Waals surface area contributed by atoms with Gasteiger partial charge in [0.2, 0.25) is 0 Å². The maximum absolute atomic E-state index is 11.3. The molecular weight excluding hydrogens is 220 g/mol. The van der Waals surface area contributed by atoms with Gasteiger partial charge in [0.15, 0.2) is 11.1 Å². The Kier molecular flexibility index (Phi) is 7.49. The van der Waals surface area contributed by atoms with Gasteiger partial charge < -0.3 is 0 Å². The van der Waals surface area contributed by atoms with Gasteiger partial charge in [0.1, 0.15) is 6.04 Å². The van der Waals surface area contributed by atoms with Crippen LogP contribution >= 0.6 is 0 Å². The van der Waals surface area contributed by atoms with Crippen LogP contribution < -0.4 is 5.48 Å². The topological polar surface area (TPSA) is 67.9 Å². The summed E-state index contributed by atoms with van der Waals surface area (Å²) >= 11 is -1.39. The number of hydrogen-bond acceptors (Lipinski definition) is 5. The molecule has 0 bridgehead atoms. The Hall–Kier alpha value is -0.500. The van der Waals surface area contributed by atoms with Gasteiger partial charge in [-0.3, -0.25) is 9.63 Å². The van der Waals surface area contributed by atoms with Gasteiger partial charge >= 0.3 is 0 Å². The quantitative estimate of drug-likeness (QED) is 0.632. The second-order valence-corrected chi connectivity index (χ2v) is 4.14. The summed E-state index contributed by atoms with van der Waals surface area (Å²) < 4.78 is 16.2. The van der Waals surface area contributed by atoms with E-state index in [2.05, 4.69) is 10.3 Å². The first-order chi connectivity index (χ1) is 7.02. The zero-order valence-electron chi connectivity index (χ0n) is 9.48. The monoisotopic (exact) mass is 238 g/mol. The molecule has 0 aromatic heterocycles. The van der Waals surface area contributed by atoms with E-state index in [0.717, 1.165) is 6.42 Å². The van der Waals surface area contributed by atoms with Crippen molar-refractivity contribution in [2.24, 2.45) is 0 Å². The smallest absolute Gasteiger partial charge is 0.263 e. The van der Waals surface area contributed by atoms with Gasteiger partial charge in [-0.15, -0.1) is 0 Å². The van der Waals surface area contributed by atoms with Crippen molar-refractivity contribution in [1.82, 2.24) is 10.5 Å². The fourth-order valence-corrected chi connectivity index (χ4v) is 1.55. The molecular formula is C8H18N2O4S. The van der Waals surface area contributed by atoms with E-state index in [-0.39, 0.29) is 5.91 Å². The van der Waals surface area contributed by atoms with Crippen molar-refractivity contribution in [2.75, 3.05) is 19.9 Å². The molecule has 1 N–H and O–H groups in total. The maximum Gasteiger partial charge on any atom is 0.263 e. The Bertz CT molecular complexity index is 225. The van der Waals surface area contributed by atoms with Gasteiger partial charge in [0.05, 0.1) is 12.9 Å². The summed E-state index contributed by atoms with van der Waals surface area (Å²) in [4.78, 5) is 15.7. The molecule has 2 atom stereocenters. The molecule has 90 valence electrons. The van der Waals surface area contributed by atoms with Crippen LogP contribution in [0.15, 0.2) is 0 Å². The number of carbonyl (C=O) groups is 1. The van der Waals surface area contributed by atoms with Gasteiger partial charge in [-0.2, -0.15) is 9.35 Å². The molecule has 0 aliphatic rings. The third kappa shape index (κ3) is 5.83. The van der Waals surface area contributed by atoms with Crippen LogP contribution in [0.1, 0.15) is 20.3 Å². The number of nitrogens with one attached hydrogen (secondary N) is 1. The van der Waals surface area contributed by atoms with Crippen molar-refractivity contribution in [1.29, 1.82) is 0 Å². The highest BCUT2D eigenvalue weighted by molar-refractivity contribution is 7.80. The van der Waals surface area contributed by atoms with Crippen LogP contribution in [0.4, 0.5) is 0 Å². The summed E-state index contributed by atoms with van der Waals surface area (Å²) in [5, 5.41) is 1.25. The molecule has 6 nitrogen and oxygen atoms in total. The minimum atomic E-state index is -1.39. The molecule has 2 unspecified atom stereocenters. The highest BCUT2D eigenvalue weighted by Crippen LogP contribution is 2.00. The van der Waals surface area contributed by atoms with Gasteiger partial charge in [0.25, 0.3) is 5.91 Å². The van der Waals surface area contributed by atoms with Crippen LogP contribution in [0, 0.1) is 0 Å². The van der Waals surface area contributed by atoms with Crippen LogP contribution in [0.3, 0.4) is 0 Å². The van der Waals surface area contributed by atoms with Crippen LogP contribution in [-0.4, -0.2) is 41.1 Å². The van der Waals surface area contributed by atoms with Crippen molar-refractivity contribution in [3.8, 4) is 0 Å². The fraction of sp³-hybridized carbons (Fsp3) is 0.875. The first-order valence-electron chi connectivity index (χ1n) is 4.65. The summed E-state index contributed by atoms with van der Waals surface area (Å²) in [5.41, 5.74) is 2.17. The van der Waals surface area contributed by atoms with Gasteiger partial charge in [-0.25, -0.2) is 9.69 Å². The molecule has 7 heteroatoms. The van der Waals surface area contributed by atoms with Crippen LogP contribution in [0.5, 0.6) is 0 Å². The Balaban J connectivity index is 4.02. The Labute approximate surface area is 92.5 Å². The summed E-state index contributed by atoms with van der Waals surface area (Å²) in [6.07, 6.45) is 0.763. The van der Waals surface area contributed by atoms with E-state index < -0.39 is 17.1 Å². The minimum absolute atomic E-state index is 0.353. The first kappa shape index (κ1) is 14.5. The molecule has 0 spiro atoms. The molecule has 0 rings (SSSR count). The Morgan fingerprint density at radius 3 is 2.67 bits per heavy atom. The zero-order chi connectivity index (χ0) is 11.8. The van der Waals surface area contributed by atoms with Crippen molar-refractivity contribution in [3.63, 3.8) is 0 Å². The number of hydroxylamine groups is 3. The molecule has 15 heavy (non-hydrogen) atoms. The van der Waals surface area contributed by atoms with Crippen molar-refractivity contribution < 1.29 is 18.1 Å². The van der Waals surface area contributed by atoms with Gasteiger partial charge in [0, 0.05) is 7.05 Å². The maximum atomic E-state index is 11.3. The number of hydrogen-bond donors (Lipinski definition) is 1. The predicted molar refractivity (Wildman–Crippen MR) is 56.8 cm³/mol. The molecule has 0 aromatic rings. The predicted octanol–water partition coefficient (Wildman–Crippen LogP) is -0.0104. The van der Waals surface area contributed by atoms with E-state index in [4.69, 9.17) is 4.28 Å². The van der Waals surface area contributed by atoms with E-state index in [0.29, 0.717) is 5.75 Å². The lowest BCUT2D eigenvalue weighted by Crippen LogP contribution is -2.43. The SMILES string of the molecule is CCCS(=O)ON(C)C(C)C(=O)NOC. The van der Waals surface area contributed by atoms with Crippen LogP contribution in [0.2, 0.25) is 0 Å². The fourth-order valence-electron chi connectivity index (χ4n) is 0.751. The summed E-state index contributed by atoms with van der Waals surface area (Å²) in [6.45, 7) is 3.53. The average Bonchev–Trinajstić information content (AvgIpc) is 2.17. The summed E-state index contributed by atoms with van der Waals surface area (Å²) in [7, 11) is 2.90. The largest absolute Gasteiger partial charge is 0.277 e. The highest BCUT2D eigenvalue weighted by atomic mass is 32.2. The number of carbonyl (C=O) groups excluding carboxylic acids is 1. The van der Waals surface area contributed by atoms with Crippen molar-refractivity contribution in [2.45, 2.75) is 26.3 Å². The average molecular weight is 238 g/mol. The van der Waals surface area contributed by atoms with E-state index in [9.17, 15) is 9.00 Å². The molecule has 0 aliphatic carbocycles. The number of rotatable bonds is 7. The number of likely N-dealkylation sites (N-methyl/N-ethyl adjacent to an activating group) is 1. The molecule has 1 amide bonds. The summed E-state index contributed by atoms with van der Waals surface area (Å²) in [5.74, 6) is 0.0941. The molecule has 0 heterocycles. The minimum Gasteiger partial charge on any atom is -0.277 e. The van der Waals surface area contributed by atoms with Crippen molar-refractivity contribution >= 4 is 17.0 Å².